The Kier molecular flexibility index (Phi) is 3.66. The van der Waals surface area contributed by atoms with Gasteiger partial charge in [0.2, 0.25) is 0 Å². The maximum Gasteiger partial charge on any atom is 0.331 e. The SMILES string of the molecule is CC1=C(C(=O)O)CC[C@]2(C)c3ccc(C(C)C)cc3CC[C@@H]12. The predicted octanol–water partition coefficient (Wildman–Crippen LogP) is 4.83. The van der Waals surface area contributed by atoms with Crippen LogP contribution in [-0.2, 0) is 16.6 Å². The molecule has 22 heavy (non-hydrogen) atoms. The quantitative estimate of drug-likeness (QED) is 0.849. The molecule has 0 amide bonds. The van der Waals surface area contributed by atoms with E-state index in [4.69, 9.17) is 0 Å². The summed E-state index contributed by atoms with van der Waals surface area (Å²) < 4.78 is 0. The molecule has 1 N–H and O–H groups in total. The second kappa shape index (κ2) is 5.26. The zero-order valence-corrected chi connectivity index (χ0v) is 14.1. The van der Waals surface area contributed by atoms with Crippen LogP contribution in [0.1, 0.15) is 69.6 Å². The van der Waals surface area contributed by atoms with Crippen LogP contribution in [-0.4, -0.2) is 11.1 Å². The number of aryl methyl sites for hydroxylation is 1. The van der Waals surface area contributed by atoms with E-state index in [-0.39, 0.29) is 5.41 Å². The van der Waals surface area contributed by atoms with Crippen molar-refractivity contribution >= 4 is 5.97 Å². The molecule has 1 aromatic carbocycles. The van der Waals surface area contributed by atoms with Gasteiger partial charge in [-0.25, -0.2) is 4.79 Å². The van der Waals surface area contributed by atoms with Crippen LogP contribution in [0, 0.1) is 5.92 Å². The number of benzene rings is 1. The Hall–Kier alpha value is -1.57. The highest BCUT2D eigenvalue weighted by atomic mass is 16.4. The number of hydrogen-bond acceptors (Lipinski definition) is 1. The van der Waals surface area contributed by atoms with Crippen molar-refractivity contribution in [2.24, 2.45) is 5.92 Å². The molecule has 2 aliphatic carbocycles. The van der Waals surface area contributed by atoms with E-state index in [2.05, 4.69) is 39.0 Å². The summed E-state index contributed by atoms with van der Waals surface area (Å²) in [5, 5.41) is 9.42. The van der Waals surface area contributed by atoms with Crippen LogP contribution in [0.15, 0.2) is 29.3 Å². The second-order valence-electron chi connectivity index (χ2n) is 7.55. The molecule has 0 aromatic heterocycles. The average molecular weight is 298 g/mol. The van der Waals surface area contributed by atoms with Crippen LogP contribution in [0.4, 0.5) is 0 Å². The van der Waals surface area contributed by atoms with E-state index in [0.29, 0.717) is 23.8 Å². The van der Waals surface area contributed by atoms with Crippen LogP contribution in [0.5, 0.6) is 0 Å². The van der Waals surface area contributed by atoms with E-state index in [1.807, 2.05) is 6.92 Å². The smallest absolute Gasteiger partial charge is 0.331 e. The van der Waals surface area contributed by atoms with E-state index in [9.17, 15) is 9.90 Å². The first-order valence-electron chi connectivity index (χ1n) is 8.41. The zero-order valence-electron chi connectivity index (χ0n) is 14.1. The van der Waals surface area contributed by atoms with E-state index in [1.54, 1.807) is 0 Å². The molecule has 0 unspecified atom stereocenters. The van der Waals surface area contributed by atoms with Gasteiger partial charge in [-0.05, 0) is 66.5 Å². The van der Waals surface area contributed by atoms with E-state index in [1.165, 1.54) is 16.7 Å². The summed E-state index contributed by atoms with van der Waals surface area (Å²) in [7, 11) is 0. The summed E-state index contributed by atoms with van der Waals surface area (Å²) in [6, 6.07) is 6.96. The summed E-state index contributed by atoms with van der Waals surface area (Å²) in [4.78, 5) is 11.5. The summed E-state index contributed by atoms with van der Waals surface area (Å²) in [6.45, 7) is 8.86. The Balaban J connectivity index is 2.07. The normalized spacial score (nSPS) is 27.6. The van der Waals surface area contributed by atoms with Crippen LogP contribution in [0.3, 0.4) is 0 Å². The standard InChI is InChI=1S/C20H26O2/c1-12(2)14-5-8-18-15(11-14)6-7-17-13(3)16(19(21)22)9-10-20(17,18)4/h5,8,11-12,17H,6-7,9-10H2,1-4H3,(H,21,22)/t17-,20-/m0/s1. The molecule has 2 nitrogen and oxygen atoms in total. The second-order valence-corrected chi connectivity index (χ2v) is 7.55. The molecule has 0 aliphatic heterocycles. The molecule has 0 heterocycles. The lowest BCUT2D eigenvalue weighted by Crippen LogP contribution is -2.41. The van der Waals surface area contributed by atoms with Gasteiger partial charge in [-0.3, -0.25) is 0 Å². The van der Waals surface area contributed by atoms with Gasteiger partial charge in [0.25, 0.3) is 0 Å². The monoisotopic (exact) mass is 298 g/mol. The van der Waals surface area contributed by atoms with Crippen molar-refractivity contribution in [3.8, 4) is 0 Å². The third-order valence-corrected chi connectivity index (χ3v) is 6.03. The fourth-order valence-electron chi connectivity index (χ4n) is 4.61. The summed E-state index contributed by atoms with van der Waals surface area (Å²) in [5.41, 5.74) is 6.22. The zero-order chi connectivity index (χ0) is 16.1. The van der Waals surface area contributed by atoms with Crippen molar-refractivity contribution in [2.75, 3.05) is 0 Å². The summed E-state index contributed by atoms with van der Waals surface area (Å²) in [6.07, 6.45) is 3.79. The number of fused-ring (bicyclic) bond motifs is 3. The number of carbonyl (C=O) groups is 1. The lowest BCUT2D eigenvalue weighted by molar-refractivity contribution is -0.133. The average Bonchev–Trinajstić information content (AvgIpc) is 2.46. The van der Waals surface area contributed by atoms with Crippen LogP contribution in [0.2, 0.25) is 0 Å². The molecule has 2 aliphatic rings. The summed E-state index contributed by atoms with van der Waals surface area (Å²) >= 11 is 0. The van der Waals surface area contributed by atoms with Gasteiger partial charge < -0.3 is 5.11 Å². The molecule has 0 saturated carbocycles. The van der Waals surface area contributed by atoms with Gasteiger partial charge in [-0.1, -0.05) is 44.5 Å². The number of carboxylic acid groups (broad SMARTS) is 1. The number of aliphatic carboxylic acids is 1. The van der Waals surface area contributed by atoms with Gasteiger partial charge in [0.15, 0.2) is 0 Å². The van der Waals surface area contributed by atoms with Gasteiger partial charge in [0.05, 0.1) is 0 Å². The van der Waals surface area contributed by atoms with Crippen molar-refractivity contribution in [1.29, 1.82) is 0 Å². The molecule has 0 bridgehead atoms. The first-order chi connectivity index (χ1) is 10.3. The van der Waals surface area contributed by atoms with Gasteiger partial charge in [-0.2, -0.15) is 0 Å². The largest absolute Gasteiger partial charge is 0.478 e. The maximum atomic E-state index is 11.5. The predicted molar refractivity (Wildman–Crippen MR) is 89.3 cm³/mol. The number of carboxylic acids is 1. The minimum absolute atomic E-state index is 0.103. The third kappa shape index (κ3) is 2.20. The molecule has 3 rings (SSSR count). The van der Waals surface area contributed by atoms with Crippen LogP contribution in [0.25, 0.3) is 0 Å². The Bertz CT molecular complexity index is 654. The molecular weight excluding hydrogens is 272 g/mol. The molecule has 0 spiro atoms. The Morgan fingerprint density at radius 1 is 1.32 bits per heavy atom. The van der Waals surface area contributed by atoms with E-state index < -0.39 is 5.97 Å². The lowest BCUT2D eigenvalue weighted by Gasteiger charge is -2.47. The topological polar surface area (TPSA) is 37.3 Å². The maximum absolute atomic E-state index is 11.5. The molecular formula is C20H26O2. The van der Waals surface area contributed by atoms with Crippen molar-refractivity contribution < 1.29 is 9.90 Å². The van der Waals surface area contributed by atoms with Crippen LogP contribution >= 0.6 is 0 Å². The fraction of sp³-hybridized carbons (Fsp3) is 0.550. The molecule has 118 valence electrons. The Morgan fingerprint density at radius 2 is 2.05 bits per heavy atom. The van der Waals surface area contributed by atoms with Crippen molar-refractivity contribution in [3.05, 3.63) is 46.0 Å². The number of rotatable bonds is 2. The van der Waals surface area contributed by atoms with Gasteiger partial charge in [-0.15, -0.1) is 0 Å². The molecule has 2 heteroatoms. The highest BCUT2D eigenvalue weighted by Crippen LogP contribution is 2.52. The lowest BCUT2D eigenvalue weighted by atomic mass is 9.56. The van der Waals surface area contributed by atoms with E-state index in [0.717, 1.165) is 24.8 Å². The minimum atomic E-state index is -0.722. The highest BCUT2D eigenvalue weighted by Gasteiger charge is 2.44. The van der Waals surface area contributed by atoms with Crippen molar-refractivity contribution in [1.82, 2.24) is 0 Å². The first kappa shape index (κ1) is 15.3. The third-order valence-electron chi connectivity index (χ3n) is 6.03. The van der Waals surface area contributed by atoms with Crippen LogP contribution < -0.4 is 0 Å². The van der Waals surface area contributed by atoms with Gasteiger partial charge in [0, 0.05) is 5.57 Å². The molecule has 2 atom stereocenters. The number of hydrogen-bond donors (Lipinski definition) is 1. The first-order valence-corrected chi connectivity index (χ1v) is 8.41. The number of allylic oxidation sites excluding steroid dienone is 1. The Labute approximate surface area is 133 Å². The highest BCUT2D eigenvalue weighted by molar-refractivity contribution is 5.88. The minimum Gasteiger partial charge on any atom is -0.478 e. The fourth-order valence-corrected chi connectivity index (χ4v) is 4.61. The molecule has 1 aromatic rings. The van der Waals surface area contributed by atoms with Crippen molar-refractivity contribution in [3.63, 3.8) is 0 Å². The Morgan fingerprint density at radius 3 is 2.68 bits per heavy atom. The summed E-state index contributed by atoms with van der Waals surface area (Å²) in [5.74, 6) is 0.215. The van der Waals surface area contributed by atoms with Gasteiger partial charge in [0.1, 0.15) is 0 Å². The van der Waals surface area contributed by atoms with E-state index >= 15 is 0 Å². The van der Waals surface area contributed by atoms with Gasteiger partial charge >= 0.3 is 5.97 Å². The molecule has 0 fully saturated rings. The molecule has 0 saturated heterocycles. The van der Waals surface area contributed by atoms with Crippen molar-refractivity contribution in [2.45, 2.75) is 64.7 Å². The molecule has 0 radical (unpaired) electrons.